The maximum Gasteiger partial charge on any atom is 0.165 e. The van der Waals surface area contributed by atoms with Gasteiger partial charge in [-0.2, -0.15) is 0 Å². The number of nitrogens with zero attached hydrogens (tertiary/aromatic N) is 1. The van der Waals surface area contributed by atoms with Gasteiger partial charge in [0.2, 0.25) is 0 Å². The Bertz CT molecular complexity index is 277. The molecule has 4 heteroatoms. The number of carbonyl (C=O) groups is 1. The lowest BCUT2D eigenvalue weighted by molar-refractivity contribution is 0.101. The fraction of sp³-hybridized carbons (Fsp3) is 0.429. The second-order valence-corrected chi connectivity index (χ2v) is 2.27. The minimum atomic E-state index is -0.258. The number of ketones is 1. The van der Waals surface area contributed by atoms with Crippen molar-refractivity contribution in [1.29, 1.82) is 0 Å². The van der Waals surface area contributed by atoms with Gasteiger partial charge in [-0.1, -0.05) is 5.16 Å². The van der Waals surface area contributed by atoms with E-state index in [4.69, 9.17) is 9.63 Å². The predicted molar refractivity (Wildman–Crippen MR) is 37.2 cm³/mol. The molecule has 0 aliphatic heterocycles. The molecule has 0 spiro atoms. The fourth-order valence-electron chi connectivity index (χ4n) is 0.977. The van der Waals surface area contributed by atoms with Gasteiger partial charge < -0.3 is 9.63 Å². The summed E-state index contributed by atoms with van der Waals surface area (Å²) in [7, 11) is 0. The molecule has 1 heterocycles. The summed E-state index contributed by atoms with van der Waals surface area (Å²) in [6.45, 7) is 2.80. The van der Waals surface area contributed by atoms with Crippen molar-refractivity contribution in [2.24, 2.45) is 0 Å². The quantitative estimate of drug-likeness (QED) is 0.638. The van der Waals surface area contributed by atoms with E-state index in [1.165, 1.54) is 6.92 Å². The molecule has 1 N–H and O–H groups in total. The Morgan fingerprint density at radius 1 is 1.73 bits per heavy atom. The first kappa shape index (κ1) is 7.94. The summed E-state index contributed by atoms with van der Waals surface area (Å²) in [6, 6.07) is 0. The van der Waals surface area contributed by atoms with Crippen molar-refractivity contribution in [1.82, 2.24) is 5.16 Å². The Balaban J connectivity index is 3.17. The van der Waals surface area contributed by atoms with Gasteiger partial charge in [0.25, 0.3) is 0 Å². The zero-order valence-electron chi connectivity index (χ0n) is 6.42. The van der Waals surface area contributed by atoms with Crippen molar-refractivity contribution in [3.8, 4) is 0 Å². The van der Waals surface area contributed by atoms with Crippen LogP contribution in [-0.4, -0.2) is 16.0 Å². The van der Waals surface area contributed by atoms with Gasteiger partial charge in [0, 0.05) is 0 Å². The Labute approximate surface area is 63.8 Å². The number of aromatic nitrogens is 1. The standard InChI is InChI=1S/C7H9NO3/c1-4(10)7-5(2)11-8-6(7)3-9/h9H,3H2,1-2H3. The van der Waals surface area contributed by atoms with Gasteiger partial charge in [0.1, 0.15) is 11.5 Å². The van der Waals surface area contributed by atoms with E-state index in [1.807, 2.05) is 0 Å². The van der Waals surface area contributed by atoms with Crippen molar-refractivity contribution in [3.63, 3.8) is 0 Å². The summed E-state index contributed by atoms with van der Waals surface area (Å²) in [5.74, 6) is 0.328. The molecule has 0 fully saturated rings. The SMILES string of the molecule is CC(=O)c1c(CO)noc1C. The summed E-state index contributed by atoms with van der Waals surface area (Å²) in [5.41, 5.74) is 0.711. The van der Waals surface area contributed by atoms with Crippen LogP contribution >= 0.6 is 0 Å². The predicted octanol–water partition coefficient (Wildman–Crippen LogP) is 0.678. The van der Waals surface area contributed by atoms with Crippen molar-refractivity contribution in [2.45, 2.75) is 20.5 Å². The lowest BCUT2D eigenvalue weighted by Crippen LogP contribution is -1.98. The monoisotopic (exact) mass is 155 g/mol. The molecule has 0 saturated heterocycles. The van der Waals surface area contributed by atoms with Gasteiger partial charge >= 0.3 is 0 Å². The first-order chi connectivity index (χ1) is 5.16. The van der Waals surface area contributed by atoms with E-state index in [0.717, 1.165) is 0 Å². The van der Waals surface area contributed by atoms with Gasteiger partial charge in [-0.25, -0.2) is 0 Å². The van der Waals surface area contributed by atoms with Crippen LogP contribution in [0, 0.1) is 6.92 Å². The highest BCUT2D eigenvalue weighted by molar-refractivity contribution is 5.95. The maximum absolute atomic E-state index is 10.9. The lowest BCUT2D eigenvalue weighted by atomic mass is 10.1. The number of aryl methyl sites for hydroxylation is 1. The average Bonchev–Trinajstić information content (AvgIpc) is 2.30. The van der Waals surface area contributed by atoms with Gasteiger partial charge in [-0.3, -0.25) is 4.79 Å². The largest absolute Gasteiger partial charge is 0.390 e. The number of aliphatic hydroxyl groups excluding tert-OH is 1. The maximum atomic E-state index is 10.9. The molecule has 1 rings (SSSR count). The van der Waals surface area contributed by atoms with E-state index in [1.54, 1.807) is 6.92 Å². The van der Waals surface area contributed by atoms with E-state index >= 15 is 0 Å². The summed E-state index contributed by atoms with van der Waals surface area (Å²) >= 11 is 0. The Morgan fingerprint density at radius 2 is 2.36 bits per heavy atom. The summed E-state index contributed by atoms with van der Waals surface area (Å²) in [6.07, 6.45) is 0. The van der Waals surface area contributed by atoms with Crippen LogP contribution < -0.4 is 0 Å². The number of hydrogen-bond acceptors (Lipinski definition) is 4. The van der Waals surface area contributed by atoms with Crippen LogP contribution in [0.5, 0.6) is 0 Å². The number of hydrogen-bond donors (Lipinski definition) is 1. The Morgan fingerprint density at radius 3 is 2.73 bits per heavy atom. The highest BCUT2D eigenvalue weighted by atomic mass is 16.5. The van der Waals surface area contributed by atoms with E-state index in [2.05, 4.69) is 5.16 Å². The van der Waals surface area contributed by atoms with Crippen molar-refractivity contribution in [3.05, 3.63) is 17.0 Å². The average molecular weight is 155 g/mol. The molecule has 0 saturated carbocycles. The molecule has 0 atom stereocenters. The van der Waals surface area contributed by atoms with Crippen LogP contribution in [0.1, 0.15) is 28.7 Å². The molecule has 0 aliphatic rings. The van der Waals surface area contributed by atoms with Crippen molar-refractivity contribution in [2.75, 3.05) is 0 Å². The van der Waals surface area contributed by atoms with Crippen LogP contribution in [0.25, 0.3) is 0 Å². The van der Waals surface area contributed by atoms with Crippen LogP contribution in [-0.2, 0) is 6.61 Å². The highest BCUT2D eigenvalue weighted by Gasteiger charge is 2.15. The van der Waals surface area contributed by atoms with Crippen LogP contribution in [0.4, 0.5) is 0 Å². The topological polar surface area (TPSA) is 63.3 Å². The van der Waals surface area contributed by atoms with Gasteiger partial charge in [0.15, 0.2) is 5.78 Å². The van der Waals surface area contributed by atoms with Crippen LogP contribution in [0.15, 0.2) is 4.52 Å². The molecule has 0 aromatic carbocycles. The van der Waals surface area contributed by atoms with Gasteiger partial charge in [-0.05, 0) is 13.8 Å². The zero-order chi connectivity index (χ0) is 8.43. The molecule has 1 aromatic rings. The van der Waals surface area contributed by atoms with Crippen LogP contribution in [0.2, 0.25) is 0 Å². The number of rotatable bonds is 2. The summed E-state index contributed by atoms with van der Waals surface area (Å²) in [5, 5.41) is 12.2. The molecule has 0 radical (unpaired) electrons. The van der Waals surface area contributed by atoms with E-state index in [-0.39, 0.29) is 12.4 Å². The second-order valence-electron chi connectivity index (χ2n) is 2.27. The van der Waals surface area contributed by atoms with Gasteiger partial charge in [0.05, 0.1) is 12.2 Å². The Hall–Kier alpha value is -1.16. The Kier molecular flexibility index (Phi) is 2.05. The fourth-order valence-corrected chi connectivity index (χ4v) is 0.977. The molecule has 1 aromatic heterocycles. The lowest BCUT2D eigenvalue weighted by Gasteiger charge is -1.91. The third kappa shape index (κ3) is 1.30. The summed E-state index contributed by atoms with van der Waals surface area (Å²) in [4.78, 5) is 10.9. The molecule has 60 valence electrons. The number of Topliss-reactive ketones (excluding diaryl/α,β-unsaturated/α-hetero) is 1. The van der Waals surface area contributed by atoms with Crippen LogP contribution in [0.3, 0.4) is 0 Å². The number of carbonyl (C=O) groups excluding carboxylic acids is 1. The first-order valence-corrected chi connectivity index (χ1v) is 3.23. The highest BCUT2D eigenvalue weighted by Crippen LogP contribution is 2.13. The van der Waals surface area contributed by atoms with E-state index in [0.29, 0.717) is 17.0 Å². The minimum Gasteiger partial charge on any atom is -0.390 e. The molecule has 0 amide bonds. The third-order valence-electron chi connectivity index (χ3n) is 1.44. The van der Waals surface area contributed by atoms with E-state index in [9.17, 15) is 4.79 Å². The smallest absolute Gasteiger partial charge is 0.165 e. The normalized spacial score (nSPS) is 10.1. The van der Waals surface area contributed by atoms with Crippen molar-refractivity contribution < 1.29 is 14.4 Å². The molecule has 0 unspecified atom stereocenters. The summed E-state index contributed by atoms with van der Waals surface area (Å²) < 4.78 is 4.72. The van der Waals surface area contributed by atoms with Crippen molar-refractivity contribution >= 4 is 5.78 Å². The molecule has 11 heavy (non-hydrogen) atoms. The molecule has 0 bridgehead atoms. The molecule has 4 nitrogen and oxygen atoms in total. The second kappa shape index (κ2) is 2.84. The van der Waals surface area contributed by atoms with E-state index < -0.39 is 0 Å². The minimum absolute atomic E-state index is 0.132. The first-order valence-electron chi connectivity index (χ1n) is 3.23. The molecule has 0 aliphatic carbocycles. The van der Waals surface area contributed by atoms with Gasteiger partial charge in [-0.15, -0.1) is 0 Å². The zero-order valence-corrected chi connectivity index (χ0v) is 6.42. The number of aliphatic hydroxyl groups is 1. The molecular formula is C7H9NO3. The molecular weight excluding hydrogens is 146 g/mol. The third-order valence-corrected chi connectivity index (χ3v) is 1.44.